The number of amides is 1. The summed E-state index contributed by atoms with van der Waals surface area (Å²) in [4.78, 5) is 19.8. The first-order valence-electron chi connectivity index (χ1n) is 12.2. The van der Waals surface area contributed by atoms with Crippen LogP contribution in [0.3, 0.4) is 0 Å². The number of anilines is 1. The maximum absolute atomic E-state index is 13.2. The molecule has 0 aromatic heterocycles. The number of nitrogens with one attached hydrogen (secondary N) is 1. The zero-order chi connectivity index (χ0) is 23.8. The van der Waals surface area contributed by atoms with Crippen LogP contribution in [-0.2, 0) is 24.3 Å². The molecule has 0 aliphatic carbocycles. The van der Waals surface area contributed by atoms with Crippen molar-refractivity contribution in [2.24, 2.45) is 5.41 Å². The average molecular weight is 451 g/mol. The number of hydrogen-bond donors (Lipinski definition) is 1. The summed E-state index contributed by atoms with van der Waals surface area (Å²) in [6.45, 7) is 12.7. The van der Waals surface area contributed by atoms with E-state index < -0.39 is 0 Å². The Morgan fingerprint density at radius 2 is 1.79 bits per heavy atom. The Morgan fingerprint density at radius 3 is 2.48 bits per heavy atom. The van der Waals surface area contributed by atoms with Crippen LogP contribution < -0.4 is 5.32 Å². The molecule has 0 atom stereocenters. The zero-order valence-corrected chi connectivity index (χ0v) is 21.2. The summed E-state index contributed by atoms with van der Waals surface area (Å²) in [5.74, 6) is 0.140. The molecule has 0 fully saturated rings. The third kappa shape index (κ3) is 8.17. The molecule has 2 aromatic carbocycles. The van der Waals surface area contributed by atoms with Gasteiger partial charge < -0.3 is 15.1 Å². The Kier molecular flexibility index (Phi) is 8.93. The molecule has 0 radical (unpaired) electrons. The van der Waals surface area contributed by atoms with Gasteiger partial charge in [0.05, 0.1) is 6.54 Å². The minimum absolute atomic E-state index is 0.140. The number of benzene rings is 2. The summed E-state index contributed by atoms with van der Waals surface area (Å²) in [5.41, 5.74) is 5.41. The summed E-state index contributed by atoms with van der Waals surface area (Å²) < 4.78 is 0. The third-order valence-electron chi connectivity index (χ3n) is 6.34. The molecule has 1 heterocycles. The van der Waals surface area contributed by atoms with Gasteiger partial charge >= 0.3 is 0 Å². The van der Waals surface area contributed by atoms with E-state index in [1.165, 1.54) is 17.5 Å². The van der Waals surface area contributed by atoms with Gasteiger partial charge in [-0.05, 0) is 61.7 Å². The fourth-order valence-corrected chi connectivity index (χ4v) is 4.22. The molecule has 33 heavy (non-hydrogen) atoms. The quantitative estimate of drug-likeness (QED) is 0.579. The lowest BCUT2D eigenvalue weighted by atomic mass is 9.91. The van der Waals surface area contributed by atoms with E-state index in [-0.39, 0.29) is 5.91 Å². The van der Waals surface area contributed by atoms with E-state index in [4.69, 9.17) is 0 Å². The van der Waals surface area contributed by atoms with Crippen LogP contribution in [0.2, 0.25) is 0 Å². The molecule has 180 valence electrons. The van der Waals surface area contributed by atoms with E-state index in [2.05, 4.69) is 66.2 Å². The topological polar surface area (TPSA) is 38.8 Å². The SMILES string of the molecule is CN(C)CCN(Cc1ccccc1)C(=O)CNc1cccc2c1CCN(CCC(C)(C)C)C2. The minimum Gasteiger partial charge on any atom is -0.376 e. The molecule has 2 aromatic rings. The van der Waals surface area contributed by atoms with Gasteiger partial charge in [0, 0.05) is 38.4 Å². The maximum Gasteiger partial charge on any atom is 0.242 e. The maximum atomic E-state index is 13.2. The van der Waals surface area contributed by atoms with Gasteiger partial charge in [0.2, 0.25) is 5.91 Å². The lowest BCUT2D eigenvalue weighted by Gasteiger charge is -2.32. The van der Waals surface area contributed by atoms with Crippen molar-refractivity contribution in [3.05, 3.63) is 65.2 Å². The summed E-state index contributed by atoms with van der Waals surface area (Å²) in [6.07, 6.45) is 2.24. The van der Waals surface area contributed by atoms with Crippen molar-refractivity contribution in [2.45, 2.75) is 46.7 Å². The van der Waals surface area contributed by atoms with Crippen LogP contribution in [0.15, 0.2) is 48.5 Å². The molecule has 0 spiro atoms. The molecule has 0 bridgehead atoms. The summed E-state index contributed by atoms with van der Waals surface area (Å²) in [5, 5.41) is 3.47. The Balaban J connectivity index is 1.61. The number of carbonyl (C=O) groups excluding carboxylic acids is 1. The first kappa shape index (κ1) is 25.3. The molecule has 5 heteroatoms. The van der Waals surface area contributed by atoms with Gasteiger partial charge in [-0.3, -0.25) is 9.69 Å². The molecule has 0 saturated carbocycles. The van der Waals surface area contributed by atoms with E-state index in [0.29, 0.717) is 18.5 Å². The van der Waals surface area contributed by atoms with E-state index in [1.807, 2.05) is 37.2 Å². The van der Waals surface area contributed by atoms with E-state index in [1.54, 1.807) is 0 Å². The van der Waals surface area contributed by atoms with Crippen LogP contribution >= 0.6 is 0 Å². The normalized spacial score (nSPS) is 14.2. The monoisotopic (exact) mass is 450 g/mol. The number of hydrogen-bond acceptors (Lipinski definition) is 4. The van der Waals surface area contributed by atoms with Crippen LogP contribution in [0.1, 0.15) is 43.9 Å². The smallest absolute Gasteiger partial charge is 0.242 e. The highest BCUT2D eigenvalue weighted by molar-refractivity contribution is 5.81. The second kappa shape index (κ2) is 11.7. The number of nitrogens with zero attached hydrogens (tertiary/aromatic N) is 3. The second-order valence-corrected chi connectivity index (χ2v) is 10.7. The van der Waals surface area contributed by atoms with E-state index in [0.717, 1.165) is 50.4 Å². The van der Waals surface area contributed by atoms with E-state index >= 15 is 0 Å². The van der Waals surface area contributed by atoms with Crippen LogP contribution in [0.4, 0.5) is 5.69 Å². The van der Waals surface area contributed by atoms with Crippen molar-refractivity contribution in [3.63, 3.8) is 0 Å². The number of carbonyl (C=O) groups is 1. The molecule has 0 unspecified atom stereocenters. The Morgan fingerprint density at radius 1 is 1.03 bits per heavy atom. The van der Waals surface area contributed by atoms with Crippen molar-refractivity contribution in [3.8, 4) is 0 Å². The fourth-order valence-electron chi connectivity index (χ4n) is 4.22. The minimum atomic E-state index is 0.140. The van der Waals surface area contributed by atoms with Gasteiger partial charge in [-0.1, -0.05) is 63.2 Å². The summed E-state index contributed by atoms with van der Waals surface area (Å²) >= 11 is 0. The highest BCUT2D eigenvalue weighted by atomic mass is 16.2. The van der Waals surface area contributed by atoms with Crippen LogP contribution in [0, 0.1) is 5.41 Å². The van der Waals surface area contributed by atoms with Gasteiger partial charge in [0.15, 0.2) is 0 Å². The first-order chi connectivity index (χ1) is 15.7. The summed E-state index contributed by atoms with van der Waals surface area (Å²) in [7, 11) is 4.09. The largest absolute Gasteiger partial charge is 0.376 e. The predicted molar refractivity (Wildman–Crippen MR) is 138 cm³/mol. The highest BCUT2D eigenvalue weighted by Gasteiger charge is 2.21. The van der Waals surface area contributed by atoms with Gasteiger partial charge in [0.25, 0.3) is 0 Å². The Bertz CT molecular complexity index is 889. The predicted octanol–water partition coefficient (Wildman–Crippen LogP) is 4.48. The third-order valence-corrected chi connectivity index (χ3v) is 6.34. The molecule has 5 nitrogen and oxygen atoms in total. The second-order valence-electron chi connectivity index (χ2n) is 10.7. The lowest BCUT2D eigenvalue weighted by molar-refractivity contribution is -0.130. The van der Waals surface area contributed by atoms with E-state index in [9.17, 15) is 4.79 Å². The molecule has 0 saturated heterocycles. The highest BCUT2D eigenvalue weighted by Crippen LogP contribution is 2.27. The van der Waals surface area contributed by atoms with Gasteiger partial charge in [-0.15, -0.1) is 0 Å². The lowest BCUT2D eigenvalue weighted by Crippen LogP contribution is -2.39. The molecule has 1 aliphatic rings. The van der Waals surface area contributed by atoms with Crippen LogP contribution in [-0.4, -0.2) is 67.4 Å². The number of fused-ring (bicyclic) bond motifs is 1. The fraction of sp³-hybridized carbons (Fsp3) is 0.536. The molecule has 1 amide bonds. The van der Waals surface area contributed by atoms with Crippen molar-refractivity contribution in [1.82, 2.24) is 14.7 Å². The van der Waals surface area contributed by atoms with Gasteiger partial charge in [-0.2, -0.15) is 0 Å². The molecule has 1 aliphatic heterocycles. The van der Waals surface area contributed by atoms with Crippen LogP contribution in [0.5, 0.6) is 0 Å². The number of likely N-dealkylation sites (N-methyl/N-ethyl adjacent to an activating group) is 1. The van der Waals surface area contributed by atoms with Gasteiger partial charge in [0.1, 0.15) is 0 Å². The van der Waals surface area contributed by atoms with Crippen molar-refractivity contribution in [1.29, 1.82) is 0 Å². The number of rotatable bonds is 10. The van der Waals surface area contributed by atoms with Crippen molar-refractivity contribution < 1.29 is 4.79 Å². The molecular formula is C28H42N4O. The van der Waals surface area contributed by atoms with Crippen LogP contribution in [0.25, 0.3) is 0 Å². The van der Waals surface area contributed by atoms with Gasteiger partial charge in [-0.25, -0.2) is 0 Å². The molecular weight excluding hydrogens is 408 g/mol. The zero-order valence-electron chi connectivity index (χ0n) is 21.2. The molecule has 3 rings (SSSR count). The first-order valence-corrected chi connectivity index (χ1v) is 12.2. The Labute approximate surface area is 200 Å². The standard InChI is InChI=1S/C28H42N4O/c1-28(2,3)15-17-31-16-14-25-24(22-31)12-9-13-26(25)29-20-27(33)32(19-18-30(4)5)21-23-10-7-6-8-11-23/h6-13,29H,14-22H2,1-5H3. The van der Waals surface area contributed by atoms with Crippen molar-refractivity contribution in [2.75, 3.05) is 52.1 Å². The average Bonchev–Trinajstić information content (AvgIpc) is 2.78. The molecule has 1 N–H and O–H groups in total. The van der Waals surface area contributed by atoms with Crippen molar-refractivity contribution >= 4 is 11.6 Å². The summed E-state index contributed by atoms with van der Waals surface area (Å²) in [6, 6.07) is 16.7. The Hall–Kier alpha value is -2.37.